The fourth-order valence-corrected chi connectivity index (χ4v) is 8.98. The van der Waals surface area contributed by atoms with E-state index in [0.717, 1.165) is 36.3 Å². The van der Waals surface area contributed by atoms with E-state index in [-0.39, 0.29) is 57.2 Å². The van der Waals surface area contributed by atoms with Crippen LogP contribution in [0.3, 0.4) is 0 Å². The Labute approximate surface area is 351 Å². The number of urea groups is 1. The number of ether oxygens (including phenoxy) is 2. The minimum atomic E-state index is -1.64. The van der Waals surface area contributed by atoms with Crippen molar-refractivity contribution in [2.24, 2.45) is 5.92 Å². The molecule has 0 unspecified atom stereocenters. The second kappa shape index (κ2) is 18.0. The zero-order chi connectivity index (χ0) is 43.7. The molecule has 2 aromatic carbocycles. The molecule has 17 nitrogen and oxygen atoms in total. The van der Waals surface area contributed by atoms with Crippen LogP contribution in [0.2, 0.25) is 0 Å². The van der Waals surface area contributed by atoms with E-state index in [1.165, 1.54) is 28.5 Å². The molecule has 7 rings (SSSR count). The van der Waals surface area contributed by atoms with E-state index in [2.05, 4.69) is 26.2 Å². The first-order valence-corrected chi connectivity index (χ1v) is 20.7. The molecule has 0 bridgehead atoms. The van der Waals surface area contributed by atoms with Gasteiger partial charge in [-0.15, -0.1) is 0 Å². The Hall–Kier alpha value is -5.85. The number of nitrogens with zero attached hydrogens (tertiary/aromatic N) is 4. The molecule has 4 fully saturated rings. The Balaban J connectivity index is 1.20. The number of morpholine rings is 1. The summed E-state index contributed by atoms with van der Waals surface area (Å²) in [5.41, 5.74) is 2.47. The van der Waals surface area contributed by atoms with Gasteiger partial charge in [0.15, 0.2) is 0 Å². The van der Waals surface area contributed by atoms with Crippen molar-refractivity contribution in [3.05, 3.63) is 59.2 Å². The van der Waals surface area contributed by atoms with Crippen molar-refractivity contribution in [3.8, 4) is 0 Å². The van der Waals surface area contributed by atoms with Crippen molar-refractivity contribution >= 4 is 52.9 Å². The largest absolute Gasteiger partial charge is 0.458 e. The number of anilines is 2. The van der Waals surface area contributed by atoms with Crippen molar-refractivity contribution in [3.63, 3.8) is 0 Å². The smallest absolute Gasteiger partial charge is 0.329 e. The number of benzene rings is 2. The lowest BCUT2D eigenvalue weighted by atomic mass is 10.0. The summed E-state index contributed by atoms with van der Waals surface area (Å²) in [5.74, 6) is -6.27. The van der Waals surface area contributed by atoms with E-state index >= 15 is 0 Å². The number of nitrogens with one attached hydrogen (secondary N) is 4. The van der Waals surface area contributed by atoms with E-state index in [1.54, 1.807) is 6.07 Å². The van der Waals surface area contributed by atoms with Crippen molar-refractivity contribution < 1.29 is 51.8 Å². The highest BCUT2D eigenvalue weighted by Crippen LogP contribution is 2.30. The van der Waals surface area contributed by atoms with E-state index in [0.29, 0.717) is 18.2 Å². The van der Waals surface area contributed by atoms with Gasteiger partial charge in [-0.1, -0.05) is 6.92 Å². The lowest BCUT2D eigenvalue weighted by Gasteiger charge is -2.39. The topological polar surface area (TPSA) is 199 Å². The van der Waals surface area contributed by atoms with Gasteiger partial charge in [-0.2, -0.15) is 0 Å². The summed E-state index contributed by atoms with van der Waals surface area (Å²) in [5, 5.41) is 10.6. The van der Waals surface area contributed by atoms with E-state index in [9.17, 15) is 42.3 Å². The van der Waals surface area contributed by atoms with Crippen molar-refractivity contribution in [1.82, 2.24) is 30.7 Å². The number of likely N-dealkylation sites (N-methyl/N-ethyl adjacent to an activating group) is 1. The van der Waals surface area contributed by atoms with Gasteiger partial charge in [0, 0.05) is 57.1 Å². The molecule has 5 aliphatic rings. The zero-order valence-corrected chi connectivity index (χ0v) is 34.6. The van der Waals surface area contributed by atoms with Gasteiger partial charge in [-0.05, 0) is 86.9 Å². The average molecular weight is 851 g/mol. The molecule has 0 saturated carbocycles. The third kappa shape index (κ3) is 9.40. The van der Waals surface area contributed by atoms with Gasteiger partial charge < -0.3 is 50.3 Å². The molecule has 7 amide bonds. The van der Waals surface area contributed by atoms with Crippen molar-refractivity contribution in [2.75, 3.05) is 56.7 Å². The van der Waals surface area contributed by atoms with Crippen LogP contribution >= 0.6 is 0 Å². The summed E-state index contributed by atoms with van der Waals surface area (Å²) in [4.78, 5) is 104. The van der Waals surface area contributed by atoms with Gasteiger partial charge in [0.2, 0.25) is 29.5 Å². The molecular formula is C42H52F2N8O9. The van der Waals surface area contributed by atoms with Crippen molar-refractivity contribution in [2.45, 2.75) is 95.2 Å². The molecule has 61 heavy (non-hydrogen) atoms. The average Bonchev–Trinajstić information content (AvgIpc) is 3.96. The summed E-state index contributed by atoms with van der Waals surface area (Å²) in [6, 6.07) is -0.292. The molecule has 19 heteroatoms. The molecule has 0 aliphatic carbocycles. The lowest BCUT2D eigenvalue weighted by Crippen LogP contribution is -2.64. The normalized spacial score (nSPS) is 27.7. The molecule has 4 N–H and O–H groups in total. The Morgan fingerprint density at radius 2 is 1.62 bits per heavy atom. The van der Waals surface area contributed by atoms with Gasteiger partial charge >= 0.3 is 12.0 Å². The van der Waals surface area contributed by atoms with Crippen LogP contribution in [0.4, 0.5) is 25.0 Å². The van der Waals surface area contributed by atoms with Gasteiger partial charge in [0.05, 0.1) is 13.2 Å². The fraction of sp³-hybridized carbons (Fsp3) is 0.548. The molecule has 0 spiro atoms. The highest BCUT2D eigenvalue weighted by Gasteiger charge is 2.47. The Morgan fingerprint density at radius 1 is 0.885 bits per heavy atom. The number of hydrogen-bond donors (Lipinski definition) is 4. The van der Waals surface area contributed by atoms with E-state index in [1.807, 2.05) is 26.1 Å². The van der Waals surface area contributed by atoms with E-state index in [4.69, 9.17) is 9.47 Å². The number of halogens is 2. The standard InChI is InChI=1S/C42H52F2N8O9/c1-22-14-33-41(58)61-24(3)35(40(57)50-10-5-6-32(50)39(56)51-12-13-60-21-34(51)37(54)45-23(2)38(55)52(33)20-22)48-36(53)30(17-25-15-27(43)19-28(44)16-25)47-42(59)46-29-7-8-31-26(18-29)9-11-49(31)4/h7-8,15-16,18-19,22-24,30,32-35H,5-6,9-14,17,20-21H2,1-4H3,(H,45,54)(H,48,53)(H2,46,47,59)/t22-,23-,24-,30-,32-,33-,34-,35-/m0/s1. The highest BCUT2D eigenvalue weighted by atomic mass is 19.1. The predicted octanol–water partition coefficient (Wildman–Crippen LogP) is 1.08. The summed E-state index contributed by atoms with van der Waals surface area (Å²) in [6.45, 7) is 5.82. The van der Waals surface area contributed by atoms with Gasteiger partial charge in [0.1, 0.15) is 54.0 Å². The number of rotatable bonds is 6. The number of carbonyl (C=O) groups excluding carboxylic acids is 7. The molecular weight excluding hydrogens is 799 g/mol. The Morgan fingerprint density at radius 3 is 2.38 bits per heavy atom. The quantitative estimate of drug-likeness (QED) is 0.305. The second-order valence-electron chi connectivity index (χ2n) is 16.7. The first-order chi connectivity index (χ1) is 29.1. The predicted molar refractivity (Wildman–Crippen MR) is 215 cm³/mol. The first kappa shape index (κ1) is 43.2. The monoisotopic (exact) mass is 850 g/mol. The van der Waals surface area contributed by atoms with Crippen LogP contribution in [-0.2, 0) is 51.1 Å². The fourth-order valence-electron chi connectivity index (χ4n) is 8.98. The summed E-state index contributed by atoms with van der Waals surface area (Å²) >= 11 is 0. The minimum Gasteiger partial charge on any atom is -0.458 e. The Kier molecular flexibility index (Phi) is 12.8. The maximum absolute atomic E-state index is 14.7. The van der Waals surface area contributed by atoms with Crippen LogP contribution in [0.25, 0.3) is 0 Å². The van der Waals surface area contributed by atoms with Gasteiger partial charge in [0.25, 0.3) is 0 Å². The van der Waals surface area contributed by atoms with E-state index < -0.39 is 102 Å². The molecule has 0 aromatic heterocycles. The van der Waals surface area contributed by atoms with Gasteiger partial charge in [-0.25, -0.2) is 18.4 Å². The number of fused-ring (bicyclic) bond motifs is 4. The molecule has 8 atom stereocenters. The van der Waals surface area contributed by atoms with Gasteiger partial charge in [-0.3, -0.25) is 24.0 Å². The number of amides is 7. The number of esters is 1. The first-order valence-electron chi connectivity index (χ1n) is 20.7. The molecule has 5 aliphatic heterocycles. The van der Waals surface area contributed by atoms with Crippen LogP contribution in [0.5, 0.6) is 0 Å². The summed E-state index contributed by atoms with van der Waals surface area (Å²) in [7, 11) is 1.95. The number of carbonyl (C=O) groups is 7. The van der Waals surface area contributed by atoms with Crippen LogP contribution in [-0.4, -0.2) is 145 Å². The van der Waals surface area contributed by atoms with Crippen LogP contribution in [0.15, 0.2) is 36.4 Å². The lowest BCUT2D eigenvalue weighted by molar-refractivity contribution is -0.164. The number of hydrogen-bond acceptors (Lipinski definition) is 10. The Bertz CT molecular complexity index is 2070. The van der Waals surface area contributed by atoms with Crippen LogP contribution < -0.4 is 26.2 Å². The minimum absolute atomic E-state index is 0.0194. The molecule has 0 radical (unpaired) electrons. The summed E-state index contributed by atoms with van der Waals surface area (Å²) < 4.78 is 40.3. The third-order valence-corrected chi connectivity index (χ3v) is 12.1. The summed E-state index contributed by atoms with van der Waals surface area (Å²) in [6.07, 6.45) is -0.201. The highest BCUT2D eigenvalue weighted by molar-refractivity contribution is 5.99. The zero-order valence-electron chi connectivity index (χ0n) is 34.6. The molecule has 2 aromatic rings. The van der Waals surface area contributed by atoms with Crippen molar-refractivity contribution in [1.29, 1.82) is 0 Å². The maximum atomic E-state index is 14.7. The van der Waals surface area contributed by atoms with Crippen LogP contribution in [0.1, 0.15) is 51.2 Å². The van der Waals surface area contributed by atoms with Crippen LogP contribution in [0, 0.1) is 17.6 Å². The number of cyclic esters (lactones) is 1. The molecule has 328 valence electrons. The second-order valence-corrected chi connectivity index (χ2v) is 16.7. The third-order valence-electron chi connectivity index (χ3n) is 12.1. The maximum Gasteiger partial charge on any atom is 0.329 e. The molecule has 5 heterocycles. The SMILES string of the molecule is C[C@H]1C[C@H]2C(=O)O[C@@H](C)[C@H](NC(=O)[C@H](Cc3cc(F)cc(F)c3)NC(=O)Nc3ccc4c(c3)CCN4C)C(=O)N3CCC[C@H]3C(=O)N3CCOC[C@H]3C(=O)N[C@@H](C)C(=O)N2C1. The molecule has 4 saturated heterocycles.